The zero-order valence-electron chi connectivity index (χ0n) is 9.40. The molecule has 1 atom stereocenters. The van der Waals surface area contributed by atoms with E-state index < -0.39 is 0 Å². The minimum absolute atomic E-state index is 0.00749. The normalized spacial score (nSPS) is 12.9. The van der Waals surface area contributed by atoms with E-state index in [1.54, 1.807) is 0 Å². The van der Waals surface area contributed by atoms with Gasteiger partial charge in [-0.25, -0.2) is 4.68 Å². The van der Waals surface area contributed by atoms with E-state index in [0.717, 1.165) is 10.9 Å². The van der Waals surface area contributed by atoms with Crippen LogP contribution in [0.4, 0.5) is 0 Å². The number of nitrogens with two attached hydrogens (primary N) is 1. The van der Waals surface area contributed by atoms with Crippen molar-refractivity contribution in [3.8, 4) is 0 Å². The summed E-state index contributed by atoms with van der Waals surface area (Å²) in [6.07, 6.45) is 0. The largest absolute Gasteiger partial charge is 0.336 e. The van der Waals surface area contributed by atoms with Crippen LogP contribution in [0.2, 0.25) is 0 Å². The van der Waals surface area contributed by atoms with E-state index in [1.807, 2.05) is 44.3 Å². The van der Waals surface area contributed by atoms with Gasteiger partial charge in [0.15, 0.2) is 0 Å². The Balaban J connectivity index is 2.79. The fourth-order valence-corrected chi connectivity index (χ4v) is 1.77. The highest BCUT2D eigenvalue weighted by molar-refractivity contribution is 5.79. The van der Waals surface area contributed by atoms with Crippen LogP contribution < -0.4 is 16.7 Å². The Hall–Kier alpha value is -1.81. The Kier molecular flexibility index (Phi) is 2.66. The van der Waals surface area contributed by atoms with Crippen LogP contribution in [0.5, 0.6) is 0 Å². The van der Waals surface area contributed by atoms with Crippen LogP contribution in [0.1, 0.15) is 18.5 Å². The van der Waals surface area contributed by atoms with Gasteiger partial charge in [0.25, 0.3) is 5.56 Å². The second-order valence-electron chi connectivity index (χ2n) is 3.84. The zero-order chi connectivity index (χ0) is 11.7. The van der Waals surface area contributed by atoms with Crippen LogP contribution in [-0.2, 0) is 0 Å². The molecule has 0 spiro atoms. The summed E-state index contributed by atoms with van der Waals surface area (Å²) in [6.45, 7) is 1.94. The first kappa shape index (κ1) is 10.7. The average Bonchev–Trinajstić information content (AvgIpc) is 2.33. The van der Waals surface area contributed by atoms with Crippen molar-refractivity contribution in [1.82, 2.24) is 9.99 Å². The monoisotopic (exact) mass is 217 g/mol. The van der Waals surface area contributed by atoms with Crippen LogP contribution in [-0.4, -0.2) is 11.7 Å². The number of hydrogen-bond donors (Lipinski definition) is 2. The van der Waals surface area contributed by atoms with Crippen molar-refractivity contribution < 1.29 is 0 Å². The molecule has 2 rings (SSSR count). The molecule has 2 aromatic rings. The molecule has 1 aromatic heterocycles. The highest BCUT2D eigenvalue weighted by Gasteiger charge is 2.11. The summed E-state index contributed by atoms with van der Waals surface area (Å²) in [4.78, 5) is 12.0. The fraction of sp³-hybridized carbons (Fsp3) is 0.250. The lowest BCUT2D eigenvalue weighted by Crippen LogP contribution is -2.33. The average molecular weight is 217 g/mol. The summed E-state index contributed by atoms with van der Waals surface area (Å²) in [6, 6.07) is 9.47. The summed E-state index contributed by atoms with van der Waals surface area (Å²) >= 11 is 0. The van der Waals surface area contributed by atoms with E-state index in [4.69, 9.17) is 5.84 Å². The molecule has 1 heterocycles. The van der Waals surface area contributed by atoms with Crippen molar-refractivity contribution in [3.05, 3.63) is 46.2 Å². The maximum atomic E-state index is 12.0. The lowest BCUT2D eigenvalue weighted by Gasteiger charge is -2.13. The van der Waals surface area contributed by atoms with E-state index in [2.05, 4.69) is 5.32 Å². The molecule has 84 valence electrons. The number of nitrogen functional groups attached to an aromatic ring is 1. The van der Waals surface area contributed by atoms with Crippen LogP contribution in [0.25, 0.3) is 10.9 Å². The summed E-state index contributed by atoms with van der Waals surface area (Å²) in [5, 5.41) is 4.02. The van der Waals surface area contributed by atoms with Gasteiger partial charge in [-0.1, -0.05) is 18.2 Å². The molecule has 4 nitrogen and oxygen atoms in total. The molecular formula is C12H15N3O. The van der Waals surface area contributed by atoms with Crippen LogP contribution in [0.15, 0.2) is 35.1 Å². The van der Waals surface area contributed by atoms with E-state index in [-0.39, 0.29) is 11.6 Å². The quantitative estimate of drug-likeness (QED) is 0.738. The molecule has 0 aliphatic heterocycles. The SMILES string of the molecule is CNC(C)c1cc2ccccc2n(N)c1=O. The molecule has 1 unspecified atom stereocenters. The molecule has 0 aliphatic rings. The van der Waals surface area contributed by atoms with Crippen molar-refractivity contribution in [2.24, 2.45) is 0 Å². The summed E-state index contributed by atoms with van der Waals surface area (Å²) in [5.74, 6) is 5.79. The molecule has 0 bridgehead atoms. The van der Waals surface area contributed by atoms with Gasteiger partial charge in [-0.2, -0.15) is 0 Å². The van der Waals surface area contributed by atoms with Crippen molar-refractivity contribution in [2.75, 3.05) is 12.9 Å². The number of para-hydroxylation sites is 1. The molecule has 16 heavy (non-hydrogen) atoms. The molecule has 0 amide bonds. The predicted octanol–water partition coefficient (Wildman–Crippen LogP) is 0.996. The Labute approximate surface area is 93.7 Å². The first-order chi connectivity index (χ1) is 7.65. The minimum Gasteiger partial charge on any atom is -0.336 e. The maximum Gasteiger partial charge on any atom is 0.273 e. The first-order valence-electron chi connectivity index (χ1n) is 5.22. The standard InChI is InChI=1S/C12H15N3O/c1-8(14-2)10-7-9-5-3-4-6-11(9)15(13)12(10)16/h3-8,14H,13H2,1-2H3. The number of rotatable bonds is 2. The molecule has 0 aliphatic carbocycles. The van der Waals surface area contributed by atoms with Crippen LogP contribution >= 0.6 is 0 Å². The second-order valence-corrected chi connectivity index (χ2v) is 3.84. The zero-order valence-corrected chi connectivity index (χ0v) is 9.40. The van der Waals surface area contributed by atoms with Crippen molar-refractivity contribution in [3.63, 3.8) is 0 Å². The highest BCUT2D eigenvalue weighted by Crippen LogP contribution is 2.15. The Morgan fingerprint density at radius 3 is 2.75 bits per heavy atom. The number of pyridine rings is 1. The van der Waals surface area contributed by atoms with Gasteiger partial charge in [0, 0.05) is 17.0 Å². The number of fused-ring (bicyclic) bond motifs is 1. The maximum absolute atomic E-state index is 12.0. The van der Waals surface area contributed by atoms with Gasteiger partial charge in [0.1, 0.15) is 0 Å². The van der Waals surface area contributed by atoms with Gasteiger partial charge in [-0.3, -0.25) is 4.79 Å². The van der Waals surface area contributed by atoms with E-state index in [1.165, 1.54) is 4.68 Å². The lowest BCUT2D eigenvalue weighted by molar-refractivity contribution is 0.640. The fourth-order valence-electron chi connectivity index (χ4n) is 1.77. The van der Waals surface area contributed by atoms with Gasteiger partial charge in [-0.05, 0) is 26.1 Å². The van der Waals surface area contributed by atoms with Crippen LogP contribution in [0.3, 0.4) is 0 Å². The second kappa shape index (κ2) is 3.98. The highest BCUT2D eigenvalue weighted by atomic mass is 16.1. The van der Waals surface area contributed by atoms with Gasteiger partial charge < -0.3 is 11.2 Å². The van der Waals surface area contributed by atoms with Crippen LogP contribution in [0, 0.1) is 0 Å². The molecule has 0 fully saturated rings. The molecular weight excluding hydrogens is 202 g/mol. The summed E-state index contributed by atoms with van der Waals surface area (Å²) in [5.41, 5.74) is 1.28. The molecule has 3 N–H and O–H groups in total. The number of benzene rings is 1. The number of nitrogens with zero attached hydrogens (tertiary/aromatic N) is 1. The topological polar surface area (TPSA) is 60.1 Å². The van der Waals surface area contributed by atoms with Gasteiger partial charge in [0.05, 0.1) is 5.52 Å². The van der Waals surface area contributed by atoms with E-state index in [9.17, 15) is 4.79 Å². The number of hydrogen-bond acceptors (Lipinski definition) is 3. The summed E-state index contributed by atoms with van der Waals surface area (Å²) < 4.78 is 1.21. The number of nitrogens with one attached hydrogen (secondary N) is 1. The lowest BCUT2D eigenvalue weighted by atomic mass is 10.1. The van der Waals surface area contributed by atoms with Crippen molar-refractivity contribution in [1.29, 1.82) is 0 Å². The Morgan fingerprint density at radius 2 is 2.06 bits per heavy atom. The summed E-state index contributed by atoms with van der Waals surface area (Å²) in [7, 11) is 1.82. The Bertz CT molecular complexity index is 574. The van der Waals surface area contributed by atoms with Crippen molar-refractivity contribution >= 4 is 10.9 Å². The minimum atomic E-state index is -0.152. The molecule has 0 saturated heterocycles. The Morgan fingerprint density at radius 1 is 1.38 bits per heavy atom. The number of aromatic nitrogens is 1. The molecule has 1 aromatic carbocycles. The molecule has 0 saturated carbocycles. The third-order valence-corrected chi connectivity index (χ3v) is 2.87. The first-order valence-corrected chi connectivity index (χ1v) is 5.22. The molecule has 0 radical (unpaired) electrons. The third kappa shape index (κ3) is 1.57. The van der Waals surface area contributed by atoms with Gasteiger partial charge in [0.2, 0.25) is 0 Å². The van der Waals surface area contributed by atoms with E-state index in [0.29, 0.717) is 5.56 Å². The van der Waals surface area contributed by atoms with Gasteiger partial charge >= 0.3 is 0 Å². The van der Waals surface area contributed by atoms with Crippen molar-refractivity contribution in [2.45, 2.75) is 13.0 Å². The third-order valence-electron chi connectivity index (χ3n) is 2.87. The van der Waals surface area contributed by atoms with Gasteiger partial charge in [-0.15, -0.1) is 0 Å². The van der Waals surface area contributed by atoms with E-state index >= 15 is 0 Å². The smallest absolute Gasteiger partial charge is 0.273 e. The predicted molar refractivity (Wildman–Crippen MR) is 65.8 cm³/mol. The molecule has 4 heteroatoms.